The normalized spacial score (nSPS) is 13.3. The van der Waals surface area contributed by atoms with Crippen molar-refractivity contribution in [1.82, 2.24) is 20.2 Å². The van der Waals surface area contributed by atoms with E-state index < -0.39 is 11.6 Å². The van der Waals surface area contributed by atoms with Gasteiger partial charge in [-0.3, -0.25) is 4.79 Å². The Kier molecular flexibility index (Phi) is 6.37. The van der Waals surface area contributed by atoms with Gasteiger partial charge >= 0.3 is 0 Å². The molecule has 0 spiro atoms. The van der Waals surface area contributed by atoms with Crippen molar-refractivity contribution in [3.8, 4) is 11.1 Å². The Morgan fingerprint density at radius 2 is 1.68 bits per heavy atom. The summed E-state index contributed by atoms with van der Waals surface area (Å²) in [6, 6.07) is 15.6. The second-order valence-electron chi connectivity index (χ2n) is 10.7. The van der Waals surface area contributed by atoms with Crippen LogP contribution in [0.25, 0.3) is 22.0 Å². The third-order valence-corrected chi connectivity index (χ3v) is 6.47. The molecule has 1 aliphatic heterocycles. The van der Waals surface area contributed by atoms with Crippen LogP contribution in [-0.4, -0.2) is 27.3 Å². The molecule has 0 saturated heterocycles. The maximum Gasteiger partial charge on any atom is 0.273 e. The first-order valence-electron chi connectivity index (χ1n) is 12.2. The zero-order valence-corrected chi connectivity index (χ0v) is 21.1. The first kappa shape index (κ1) is 24.8. The quantitative estimate of drug-likeness (QED) is 0.380. The van der Waals surface area contributed by atoms with Gasteiger partial charge in [0.25, 0.3) is 5.91 Å². The number of aromatic nitrogens is 2. The minimum Gasteiger partial charge on any atom is -0.368 e. The van der Waals surface area contributed by atoms with Crippen molar-refractivity contribution in [3.63, 3.8) is 0 Å². The van der Waals surface area contributed by atoms with Gasteiger partial charge in [0, 0.05) is 31.6 Å². The number of nitrogen functional groups attached to an aromatic ring is 1. The highest BCUT2D eigenvalue weighted by atomic mass is 19.2. The molecule has 5 rings (SSSR count). The lowest BCUT2D eigenvalue weighted by atomic mass is 9.95. The second kappa shape index (κ2) is 9.52. The number of nitrogens with two attached hydrogens (primary N) is 1. The van der Waals surface area contributed by atoms with Gasteiger partial charge in [-0.15, -0.1) is 0 Å². The smallest absolute Gasteiger partial charge is 0.273 e. The van der Waals surface area contributed by atoms with Crippen molar-refractivity contribution in [2.24, 2.45) is 5.41 Å². The molecular formula is C29H29F2N5O. The summed E-state index contributed by atoms with van der Waals surface area (Å²) in [6.45, 7) is 8.31. The number of benzene rings is 3. The van der Waals surface area contributed by atoms with Gasteiger partial charge in [-0.05, 0) is 57.5 Å². The maximum atomic E-state index is 14.4. The molecule has 0 radical (unpaired) electrons. The average molecular weight is 502 g/mol. The predicted octanol–water partition coefficient (Wildman–Crippen LogP) is 5.45. The van der Waals surface area contributed by atoms with Crippen LogP contribution in [-0.2, 0) is 19.6 Å². The third kappa shape index (κ3) is 5.15. The molecule has 1 aliphatic rings. The molecule has 0 aliphatic carbocycles. The lowest BCUT2D eigenvalue weighted by molar-refractivity contribution is 0.0747. The Balaban J connectivity index is 1.54. The van der Waals surface area contributed by atoms with Crippen LogP contribution in [0.1, 0.15) is 48.0 Å². The Bertz CT molecular complexity index is 1490. The van der Waals surface area contributed by atoms with Crippen molar-refractivity contribution in [2.45, 2.75) is 40.4 Å². The van der Waals surface area contributed by atoms with Gasteiger partial charge in [-0.2, -0.15) is 0 Å². The topological polar surface area (TPSA) is 84.1 Å². The SMILES string of the molecule is CC(C)(C)CNCc1cc(F)c(F)cc1-c1ccc2nc(N)nc(C(=O)N3Cc4ccccc4C3)c2c1. The van der Waals surface area contributed by atoms with Gasteiger partial charge in [0.1, 0.15) is 5.69 Å². The maximum absolute atomic E-state index is 14.4. The van der Waals surface area contributed by atoms with Crippen LogP contribution in [0.5, 0.6) is 0 Å². The van der Waals surface area contributed by atoms with Crippen molar-refractivity contribution < 1.29 is 13.6 Å². The van der Waals surface area contributed by atoms with E-state index in [1.54, 1.807) is 23.1 Å². The van der Waals surface area contributed by atoms with Crippen LogP contribution in [0.15, 0.2) is 54.6 Å². The van der Waals surface area contributed by atoms with Crippen molar-refractivity contribution in [3.05, 3.63) is 88.6 Å². The molecule has 3 aromatic carbocycles. The first-order valence-corrected chi connectivity index (χ1v) is 12.2. The summed E-state index contributed by atoms with van der Waals surface area (Å²) in [5.74, 6) is -2.10. The van der Waals surface area contributed by atoms with E-state index in [4.69, 9.17) is 5.73 Å². The first-order chi connectivity index (χ1) is 17.6. The van der Waals surface area contributed by atoms with Gasteiger partial charge in [0.15, 0.2) is 11.6 Å². The van der Waals surface area contributed by atoms with E-state index in [-0.39, 0.29) is 23.0 Å². The molecule has 8 heteroatoms. The van der Waals surface area contributed by atoms with Crippen LogP contribution in [0.3, 0.4) is 0 Å². The number of hydrogen-bond acceptors (Lipinski definition) is 5. The zero-order chi connectivity index (χ0) is 26.3. The number of nitrogens with zero attached hydrogens (tertiary/aromatic N) is 3. The molecule has 0 bridgehead atoms. The van der Waals surface area contributed by atoms with E-state index in [1.165, 1.54) is 12.1 Å². The summed E-state index contributed by atoms with van der Waals surface area (Å²) >= 11 is 0. The number of anilines is 1. The summed E-state index contributed by atoms with van der Waals surface area (Å²) in [6.07, 6.45) is 0. The minimum absolute atomic E-state index is 0.000192. The third-order valence-electron chi connectivity index (χ3n) is 6.47. The van der Waals surface area contributed by atoms with Gasteiger partial charge in [-0.1, -0.05) is 51.1 Å². The van der Waals surface area contributed by atoms with Crippen molar-refractivity contribution in [2.75, 3.05) is 12.3 Å². The summed E-state index contributed by atoms with van der Waals surface area (Å²) in [4.78, 5) is 23.9. The Labute approximate surface area is 214 Å². The van der Waals surface area contributed by atoms with E-state index in [1.807, 2.05) is 24.3 Å². The minimum atomic E-state index is -0.936. The van der Waals surface area contributed by atoms with Gasteiger partial charge < -0.3 is 16.0 Å². The lowest BCUT2D eigenvalue weighted by Crippen LogP contribution is -2.27. The van der Waals surface area contributed by atoms with Crippen molar-refractivity contribution >= 4 is 22.8 Å². The van der Waals surface area contributed by atoms with Crippen molar-refractivity contribution in [1.29, 1.82) is 0 Å². The lowest BCUT2D eigenvalue weighted by Gasteiger charge is -2.20. The van der Waals surface area contributed by atoms with E-state index in [0.29, 0.717) is 53.8 Å². The Morgan fingerprint density at radius 3 is 2.35 bits per heavy atom. The monoisotopic (exact) mass is 501 g/mol. The average Bonchev–Trinajstić information content (AvgIpc) is 3.28. The number of nitrogens with one attached hydrogen (secondary N) is 1. The standard InChI is InChI=1S/C29H29F2N5O/c1-29(2,3)16-33-13-20-11-23(30)24(31)12-21(20)17-8-9-25-22(10-17)26(35-28(32)34-25)27(37)36-14-18-6-4-5-7-19(18)15-36/h4-12,33H,13-16H2,1-3H3,(H2,32,34,35). The zero-order valence-electron chi connectivity index (χ0n) is 21.1. The molecule has 4 aromatic rings. The fourth-order valence-electron chi connectivity index (χ4n) is 4.68. The van der Waals surface area contributed by atoms with Gasteiger partial charge in [0.05, 0.1) is 5.52 Å². The number of amides is 1. The Hall–Kier alpha value is -3.91. The van der Waals surface area contributed by atoms with E-state index >= 15 is 0 Å². The van der Waals surface area contributed by atoms with Crippen LogP contribution in [0, 0.1) is 17.0 Å². The number of carbonyl (C=O) groups is 1. The summed E-state index contributed by atoms with van der Waals surface area (Å²) < 4.78 is 28.6. The number of halogens is 2. The highest BCUT2D eigenvalue weighted by Gasteiger charge is 2.27. The van der Waals surface area contributed by atoms with E-state index in [0.717, 1.165) is 11.1 Å². The largest absolute Gasteiger partial charge is 0.368 e. The fourth-order valence-corrected chi connectivity index (χ4v) is 4.68. The molecule has 0 saturated carbocycles. The van der Waals surface area contributed by atoms with Crippen LogP contribution >= 0.6 is 0 Å². The predicted molar refractivity (Wildman–Crippen MR) is 140 cm³/mol. The summed E-state index contributed by atoms with van der Waals surface area (Å²) in [5, 5.41) is 3.83. The van der Waals surface area contributed by atoms with E-state index in [9.17, 15) is 13.6 Å². The molecule has 1 amide bonds. The number of carbonyl (C=O) groups excluding carboxylic acids is 1. The second-order valence-corrected chi connectivity index (χ2v) is 10.7. The molecule has 6 nitrogen and oxygen atoms in total. The molecule has 0 unspecified atom stereocenters. The molecule has 2 heterocycles. The van der Waals surface area contributed by atoms with Crippen LogP contribution < -0.4 is 11.1 Å². The Morgan fingerprint density at radius 1 is 1.00 bits per heavy atom. The van der Waals surface area contributed by atoms with Crippen LogP contribution in [0.4, 0.5) is 14.7 Å². The summed E-state index contributed by atoms with van der Waals surface area (Å²) in [5.41, 5.74) is 10.6. The molecule has 1 aromatic heterocycles. The highest BCUT2D eigenvalue weighted by molar-refractivity contribution is 6.06. The molecule has 190 valence electrons. The molecule has 37 heavy (non-hydrogen) atoms. The molecule has 3 N–H and O–H groups in total. The molecular weight excluding hydrogens is 472 g/mol. The van der Waals surface area contributed by atoms with Gasteiger partial charge in [0.2, 0.25) is 5.95 Å². The fraction of sp³-hybridized carbons (Fsp3) is 0.276. The highest BCUT2D eigenvalue weighted by Crippen LogP contribution is 2.32. The van der Waals surface area contributed by atoms with Gasteiger partial charge in [-0.25, -0.2) is 18.7 Å². The molecule has 0 fully saturated rings. The van der Waals surface area contributed by atoms with E-state index in [2.05, 4.69) is 36.1 Å². The summed E-state index contributed by atoms with van der Waals surface area (Å²) in [7, 11) is 0. The number of hydrogen-bond donors (Lipinski definition) is 2. The van der Waals surface area contributed by atoms with Crippen LogP contribution in [0.2, 0.25) is 0 Å². The molecule has 0 atom stereocenters. The number of fused-ring (bicyclic) bond motifs is 2. The number of rotatable bonds is 5.